The van der Waals surface area contributed by atoms with Crippen LogP contribution in [-0.4, -0.2) is 31.7 Å². The first-order valence-corrected chi connectivity index (χ1v) is 11.5. The molecule has 1 atom stereocenters. The maximum absolute atomic E-state index is 12.0. The third kappa shape index (κ3) is 3.27. The quantitative estimate of drug-likeness (QED) is 0.878. The van der Waals surface area contributed by atoms with E-state index in [0.29, 0.717) is 6.04 Å². The monoisotopic (exact) mass is 377 g/mol. The molecule has 4 rings (SSSR count). The molecule has 2 aliphatic rings. The number of aromatic nitrogens is 1. The van der Waals surface area contributed by atoms with Crippen LogP contribution < -0.4 is 9.62 Å². The van der Waals surface area contributed by atoms with Crippen molar-refractivity contribution in [2.45, 2.75) is 51.1 Å². The Labute approximate surface area is 153 Å². The molecule has 2 aromatic rings. The van der Waals surface area contributed by atoms with E-state index < -0.39 is 10.0 Å². The van der Waals surface area contributed by atoms with Crippen molar-refractivity contribution in [2.24, 2.45) is 0 Å². The average Bonchev–Trinajstić information content (AvgIpc) is 3.24. The van der Waals surface area contributed by atoms with Gasteiger partial charge in [0.15, 0.2) is 5.13 Å². The Kier molecular flexibility index (Phi) is 4.24. The number of benzene rings is 1. The van der Waals surface area contributed by atoms with E-state index in [4.69, 9.17) is 4.98 Å². The fourth-order valence-corrected chi connectivity index (χ4v) is 6.05. The van der Waals surface area contributed by atoms with E-state index in [1.54, 1.807) is 11.3 Å². The van der Waals surface area contributed by atoms with Crippen molar-refractivity contribution in [2.75, 3.05) is 15.9 Å². The van der Waals surface area contributed by atoms with Crippen molar-refractivity contribution >= 4 is 32.2 Å². The van der Waals surface area contributed by atoms with Gasteiger partial charge in [-0.3, -0.25) is 4.31 Å². The molecular formula is C18H23N3O2S2. The van der Waals surface area contributed by atoms with Crippen molar-refractivity contribution in [1.29, 1.82) is 0 Å². The molecule has 7 heteroatoms. The largest absolute Gasteiger partial charge is 0.359 e. The summed E-state index contributed by atoms with van der Waals surface area (Å²) >= 11 is 1.64. The van der Waals surface area contributed by atoms with Gasteiger partial charge in [0, 0.05) is 23.0 Å². The molecule has 0 saturated heterocycles. The van der Waals surface area contributed by atoms with Crippen LogP contribution in [0, 0.1) is 0 Å². The fourth-order valence-electron chi connectivity index (χ4n) is 3.98. The van der Waals surface area contributed by atoms with Gasteiger partial charge in [0.25, 0.3) is 0 Å². The Bertz CT molecular complexity index is 885. The van der Waals surface area contributed by atoms with E-state index in [9.17, 15) is 8.42 Å². The number of hydrogen-bond donors (Lipinski definition) is 1. The van der Waals surface area contributed by atoms with Gasteiger partial charge in [0.1, 0.15) is 0 Å². The summed E-state index contributed by atoms with van der Waals surface area (Å²) in [6, 6.07) is 6.51. The second kappa shape index (κ2) is 6.29. The van der Waals surface area contributed by atoms with Crippen LogP contribution in [0.1, 0.15) is 38.2 Å². The second-order valence-electron chi connectivity index (χ2n) is 7.12. The third-order valence-corrected chi connectivity index (χ3v) is 7.12. The van der Waals surface area contributed by atoms with Crippen LogP contribution in [0.15, 0.2) is 23.6 Å². The maximum Gasteiger partial charge on any atom is 0.232 e. The number of fused-ring (bicyclic) bond motifs is 1. The molecule has 1 aromatic heterocycles. The van der Waals surface area contributed by atoms with E-state index in [-0.39, 0.29) is 6.04 Å². The number of nitrogens with one attached hydrogen (secondary N) is 1. The summed E-state index contributed by atoms with van der Waals surface area (Å²) in [6.07, 6.45) is 7.08. The van der Waals surface area contributed by atoms with Crippen LogP contribution in [0.2, 0.25) is 0 Å². The standard InChI is InChI=1S/C18H23N3O2S2/c1-12-9-14-10-13(7-8-17(14)21(12)25(2,22)23)16-11-24-18(20-16)19-15-5-3-4-6-15/h7-8,10-12,15H,3-6,9H2,1-2H3,(H,19,20). The second-order valence-corrected chi connectivity index (χ2v) is 9.84. The molecule has 0 amide bonds. The minimum atomic E-state index is -3.24. The van der Waals surface area contributed by atoms with E-state index in [2.05, 4.69) is 16.8 Å². The van der Waals surface area contributed by atoms with Gasteiger partial charge < -0.3 is 5.32 Å². The van der Waals surface area contributed by atoms with Gasteiger partial charge in [-0.05, 0) is 43.9 Å². The molecule has 2 heterocycles. The van der Waals surface area contributed by atoms with Crippen molar-refractivity contribution < 1.29 is 8.42 Å². The van der Waals surface area contributed by atoms with Crippen molar-refractivity contribution in [3.8, 4) is 11.3 Å². The van der Waals surface area contributed by atoms with Gasteiger partial charge >= 0.3 is 0 Å². The molecule has 5 nitrogen and oxygen atoms in total. The molecule has 1 aromatic carbocycles. The topological polar surface area (TPSA) is 62.3 Å². The minimum absolute atomic E-state index is 0.0321. The Balaban J connectivity index is 1.59. The summed E-state index contributed by atoms with van der Waals surface area (Å²) in [5.41, 5.74) is 3.89. The molecule has 1 N–H and O–H groups in total. The van der Waals surface area contributed by atoms with Crippen LogP contribution in [0.25, 0.3) is 11.3 Å². The number of thiazole rings is 1. The first kappa shape index (κ1) is 16.8. The number of sulfonamides is 1. The summed E-state index contributed by atoms with van der Waals surface area (Å²) in [5.74, 6) is 0. The number of nitrogens with zero attached hydrogens (tertiary/aromatic N) is 2. The molecule has 25 heavy (non-hydrogen) atoms. The molecule has 0 bridgehead atoms. The molecule has 1 unspecified atom stereocenters. The summed E-state index contributed by atoms with van der Waals surface area (Å²) in [6.45, 7) is 1.95. The smallest absolute Gasteiger partial charge is 0.232 e. The molecule has 1 aliphatic carbocycles. The summed E-state index contributed by atoms with van der Waals surface area (Å²) < 4.78 is 25.6. The molecule has 0 radical (unpaired) electrons. The zero-order valence-corrected chi connectivity index (χ0v) is 16.2. The molecule has 134 valence electrons. The number of rotatable bonds is 4. The molecule has 1 fully saturated rings. The Morgan fingerprint density at radius 2 is 2.04 bits per heavy atom. The van der Waals surface area contributed by atoms with Crippen LogP contribution >= 0.6 is 11.3 Å². The normalized spacial score (nSPS) is 20.9. The van der Waals surface area contributed by atoms with Gasteiger partial charge in [-0.25, -0.2) is 13.4 Å². The zero-order valence-electron chi connectivity index (χ0n) is 14.5. The fraction of sp³-hybridized carbons (Fsp3) is 0.500. The lowest BCUT2D eigenvalue weighted by molar-refractivity contribution is 0.590. The lowest BCUT2D eigenvalue weighted by Crippen LogP contribution is -2.34. The highest BCUT2D eigenvalue weighted by Gasteiger charge is 2.32. The molecular weight excluding hydrogens is 354 g/mol. The molecule has 1 saturated carbocycles. The highest BCUT2D eigenvalue weighted by Crippen LogP contribution is 2.37. The van der Waals surface area contributed by atoms with Gasteiger partial charge in [0.05, 0.1) is 17.6 Å². The predicted octanol–water partition coefficient (Wildman–Crippen LogP) is 3.88. The van der Waals surface area contributed by atoms with Crippen LogP contribution in [0.3, 0.4) is 0 Å². The van der Waals surface area contributed by atoms with E-state index in [1.165, 1.54) is 36.2 Å². The first-order chi connectivity index (χ1) is 11.9. The van der Waals surface area contributed by atoms with Crippen molar-refractivity contribution in [1.82, 2.24) is 4.98 Å². The van der Waals surface area contributed by atoms with E-state index in [1.807, 2.05) is 19.1 Å². The number of anilines is 2. The van der Waals surface area contributed by atoms with E-state index >= 15 is 0 Å². The maximum atomic E-state index is 12.0. The average molecular weight is 378 g/mol. The number of hydrogen-bond acceptors (Lipinski definition) is 5. The Hall–Kier alpha value is -1.60. The summed E-state index contributed by atoms with van der Waals surface area (Å²) in [5, 5.41) is 6.59. The first-order valence-electron chi connectivity index (χ1n) is 8.76. The molecule has 1 aliphatic heterocycles. The van der Waals surface area contributed by atoms with Gasteiger partial charge in [-0.2, -0.15) is 0 Å². The SMILES string of the molecule is CC1Cc2cc(-c3csc(NC4CCCC4)n3)ccc2N1S(C)(=O)=O. The third-order valence-electron chi connectivity index (χ3n) is 5.07. The van der Waals surface area contributed by atoms with Crippen molar-refractivity contribution in [3.63, 3.8) is 0 Å². The summed E-state index contributed by atoms with van der Waals surface area (Å²) in [7, 11) is -3.24. The van der Waals surface area contributed by atoms with Crippen LogP contribution in [-0.2, 0) is 16.4 Å². The lowest BCUT2D eigenvalue weighted by atomic mass is 10.1. The minimum Gasteiger partial charge on any atom is -0.359 e. The van der Waals surface area contributed by atoms with E-state index in [0.717, 1.165) is 34.1 Å². The highest BCUT2D eigenvalue weighted by molar-refractivity contribution is 7.92. The molecule has 0 spiro atoms. The van der Waals surface area contributed by atoms with Gasteiger partial charge in [-0.1, -0.05) is 18.9 Å². The summed E-state index contributed by atoms with van der Waals surface area (Å²) in [4.78, 5) is 4.73. The zero-order chi connectivity index (χ0) is 17.6. The Morgan fingerprint density at radius 1 is 1.28 bits per heavy atom. The van der Waals surface area contributed by atoms with Crippen molar-refractivity contribution in [3.05, 3.63) is 29.1 Å². The van der Waals surface area contributed by atoms with Gasteiger partial charge in [0.2, 0.25) is 10.0 Å². The Morgan fingerprint density at radius 3 is 2.76 bits per heavy atom. The predicted molar refractivity (Wildman–Crippen MR) is 104 cm³/mol. The highest BCUT2D eigenvalue weighted by atomic mass is 32.2. The van der Waals surface area contributed by atoms with Crippen LogP contribution in [0.4, 0.5) is 10.8 Å². The van der Waals surface area contributed by atoms with Crippen LogP contribution in [0.5, 0.6) is 0 Å². The van der Waals surface area contributed by atoms with Gasteiger partial charge in [-0.15, -0.1) is 11.3 Å². The lowest BCUT2D eigenvalue weighted by Gasteiger charge is -2.21.